The average molecular weight is 332 g/mol. The van der Waals surface area contributed by atoms with E-state index in [0.717, 1.165) is 13.2 Å². The molecule has 3 N–H and O–H groups in total. The fourth-order valence-corrected chi connectivity index (χ4v) is 0.510. The molecule has 1 heterocycles. The van der Waals surface area contributed by atoms with Crippen molar-refractivity contribution in [3.63, 3.8) is 0 Å². The van der Waals surface area contributed by atoms with Crippen molar-refractivity contribution in [3.8, 4) is 0 Å². The molecule has 0 bridgehead atoms. The van der Waals surface area contributed by atoms with Gasteiger partial charge in [0.25, 0.3) is 0 Å². The summed E-state index contributed by atoms with van der Waals surface area (Å²) in [5.41, 5.74) is -1.50. The molecule has 1 fully saturated rings. The van der Waals surface area contributed by atoms with E-state index in [-0.39, 0.29) is 36.2 Å². The molecule has 0 spiro atoms. The van der Waals surface area contributed by atoms with Gasteiger partial charge in [0.1, 0.15) is 0 Å². The Morgan fingerprint density at radius 3 is 0.773 bits per heavy atom. The molecule has 1 aliphatic heterocycles. The first kappa shape index (κ1) is 34.3. The summed E-state index contributed by atoms with van der Waals surface area (Å²) in [7, 11) is 0. The standard InChI is InChI=1S/C4H8O.3C4H10O.Al.Li.4H/c1-2-4-5-3-1;3*1-4(2,3)5;;;;;;/h1-4H2;3*5H,1-3H3;;;;;;. The SMILES string of the molecule is C1CCOC1.CC(C)(C)O.CC(C)(C)O.CC(C)(C)O.[AlH3].[LiH]. The number of aliphatic hydroxyl groups is 3. The van der Waals surface area contributed by atoms with Crippen LogP contribution in [0.15, 0.2) is 0 Å². The van der Waals surface area contributed by atoms with Crippen molar-refractivity contribution in [2.45, 2.75) is 92.0 Å². The van der Waals surface area contributed by atoms with Crippen molar-refractivity contribution in [2.75, 3.05) is 13.2 Å². The van der Waals surface area contributed by atoms with Crippen LogP contribution in [-0.4, -0.2) is 81.6 Å². The molecule has 1 aliphatic rings. The van der Waals surface area contributed by atoms with Crippen molar-refractivity contribution >= 4 is 36.2 Å². The number of hydrogen-bond donors (Lipinski definition) is 3. The number of hydrogen-bond acceptors (Lipinski definition) is 4. The Morgan fingerprint density at radius 1 is 0.591 bits per heavy atom. The Labute approximate surface area is 161 Å². The number of rotatable bonds is 0. The van der Waals surface area contributed by atoms with Gasteiger partial charge in [-0.1, -0.05) is 0 Å². The van der Waals surface area contributed by atoms with E-state index in [1.807, 2.05) is 0 Å². The molecule has 0 aromatic heterocycles. The van der Waals surface area contributed by atoms with Gasteiger partial charge in [-0.25, -0.2) is 0 Å². The molecule has 0 aliphatic carbocycles. The van der Waals surface area contributed by atoms with E-state index in [1.54, 1.807) is 62.3 Å². The Kier molecular flexibility index (Phi) is 26.2. The van der Waals surface area contributed by atoms with E-state index in [4.69, 9.17) is 20.1 Å². The van der Waals surface area contributed by atoms with E-state index in [2.05, 4.69) is 0 Å². The summed E-state index contributed by atoms with van der Waals surface area (Å²) >= 11 is 0. The molecular weight excluding hydrogens is 290 g/mol. The van der Waals surface area contributed by atoms with Crippen LogP contribution in [0.5, 0.6) is 0 Å². The Bertz CT molecular complexity index is 148. The van der Waals surface area contributed by atoms with Crippen molar-refractivity contribution in [1.82, 2.24) is 0 Å². The van der Waals surface area contributed by atoms with Gasteiger partial charge in [0.05, 0.1) is 16.8 Å². The fourth-order valence-electron chi connectivity index (χ4n) is 0.510. The molecule has 0 aromatic rings. The molecule has 0 unspecified atom stereocenters. The molecule has 1 rings (SSSR count). The van der Waals surface area contributed by atoms with Crippen LogP contribution < -0.4 is 0 Å². The minimum absolute atomic E-state index is 0. The molecule has 0 saturated carbocycles. The summed E-state index contributed by atoms with van der Waals surface area (Å²) in [4.78, 5) is 0. The van der Waals surface area contributed by atoms with Gasteiger partial charge in [-0.3, -0.25) is 0 Å². The molecule has 134 valence electrons. The second kappa shape index (κ2) is 16.8. The van der Waals surface area contributed by atoms with E-state index in [9.17, 15) is 0 Å². The van der Waals surface area contributed by atoms with Gasteiger partial charge in [-0.15, -0.1) is 0 Å². The topological polar surface area (TPSA) is 69.9 Å². The summed E-state index contributed by atoms with van der Waals surface area (Å²) in [6.45, 7) is 17.7. The molecule has 0 amide bonds. The van der Waals surface area contributed by atoms with Gasteiger partial charge in [0.15, 0.2) is 17.4 Å². The van der Waals surface area contributed by atoms with Crippen LogP contribution in [0, 0.1) is 0 Å². The Morgan fingerprint density at radius 2 is 0.727 bits per heavy atom. The molecule has 0 aromatic carbocycles. The van der Waals surface area contributed by atoms with Crippen molar-refractivity contribution < 1.29 is 20.1 Å². The van der Waals surface area contributed by atoms with Gasteiger partial charge in [-0.05, 0) is 75.2 Å². The normalized spacial score (nSPS) is 13.6. The fraction of sp³-hybridized carbons (Fsp3) is 1.00. The van der Waals surface area contributed by atoms with Crippen molar-refractivity contribution in [3.05, 3.63) is 0 Å². The summed E-state index contributed by atoms with van der Waals surface area (Å²) < 4.78 is 4.94. The van der Waals surface area contributed by atoms with Crippen LogP contribution in [0.2, 0.25) is 0 Å². The first-order chi connectivity index (χ1) is 8.50. The molecule has 0 atom stereocenters. The minimum atomic E-state index is -0.500. The quantitative estimate of drug-likeness (QED) is 0.585. The Balaban J connectivity index is -0.0000000567. The van der Waals surface area contributed by atoms with Gasteiger partial charge in [0, 0.05) is 13.2 Å². The zero-order valence-electron chi connectivity index (χ0n) is 15.1. The van der Waals surface area contributed by atoms with E-state index < -0.39 is 16.8 Å². The van der Waals surface area contributed by atoms with Crippen LogP contribution in [0.4, 0.5) is 0 Å². The van der Waals surface area contributed by atoms with Crippen LogP contribution >= 0.6 is 0 Å². The maximum absolute atomic E-state index is 8.52. The zero-order chi connectivity index (χ0) is 17.0. The Hall–Kier alpha value is 0.970. The van der Waals surface area contributed by atoms with Gasteiger partial charge < -0.3 is 20.1 Å². The second-order valence-corrected chi connectivity index (χ2v) is 7.83. The van der Waals surface area contributed by atoms with E-state index >= 15 is 0 Å². The number of ether oxygens (including phenoxy) is 1. The summed E-state index contributed by atoms with van der Waals surface area (Å²) in [6, 6.07) is 0. The third-order valence-electron chi connectivity index (χ3n) is 0.827. The predicted octanol–water partition coefficient (Wildman–Crippen LogP) is 1.30. The second-order valence-electron chi connectivity index (χ2n) is 7.83. The van der Waals surface area contributed by atoms with E-state index in [1.165, 1.54) is 12.8 Å². The van der Waals surface area contributed by atoms with Crippen molar-refractivity contribution in [1.29, 1.82) is 0 Å². The van der Waals surface area contributed by atoms with Crippen LogP contribution in [-0.2, 0) is 4.74 Å². The van der Waals surface area contributed by atoms with Crippen molar-refractivity contribution in [2.24, 2.45) is 0 Å². The molecule has 6 heteroatoms. The zero-order valence-corrected chi connectivity index (χ0v) is 15.1. The van der Waals surface area contributed by atoms with E-state index in [0.29, 0.717) is 0 Å². The average Bonchev–Trinajstić information content (AvgIpc) is 2.45. The van der Waals surface area contributed by atoms with Gasteiger partial charge in [-0.2, -0.15) is 0 Å². The summed E-state index contributed by atoms with van der Waals surface area (Å²) in [5.74, 6) is 0. The third-order valence-corrected chi connectivity index (χ3v) is 0.827. The first-order valence-electron chi connectivity index (χ1n) is 7.25. The molecular formula is C16H42AlLiO4. The maximum atomic E-state index is 8.52. The molecule has 1 saturated heterocycles. The van der Waals surface area contributed by atoms with Crippen LogP contribution in [0.3, 0.4) is 0 Å². The monoisotopic (exact) mass is 332 g/mol. The van der Waals surface area contributed by atoms with Crippen LogP contribution in [0.1, 0.15) is 75.2 Å². The molecule has 4 nitrogen and oxygen atoms in total. The first-order valence-corrected chi connectivity index (χ1v) is 7.25. The summed E-state index contributed by atoms with van der Waals surface area (Å²) in [6.07, 6.45) is 2.56. The predicted molar refractivity (Wildman–Crippen MR) is 103 cm³/mol. The third kappa shape index (κ3) is 235. The van der Waals surface area contributed by atoms with Gasteiger partial charge >= 0.3 is 18.9 Å². The molecule has 0 radical (unpaired) electrons. The molecule has 22 heavy (non-hydrogen) atoms. The van der Waals surface area contributed by atoms with Gasteiger partial charge in [0.2, 0.25) is 0 Å². The van der Waals surface area contributed by atoms with Crippen LogP contribution in [0.25, 0.3) is 0 Å². The summed E-state index contributed by atoms with van der Waals surface area (Å²) in [5, 5.41) is 25.6.